The summed E-state index contributed by atoms with van der Waals surface area (Å²) >= 11 is 3.93. The number of hydrogen-bond acceptors (Lipinski definition) is 6. The molecule has 4 aliphatic carbocycles. The van der Waals surface area contributed by atoms with Crippen LogP contribution in [0.3, 0.4) is 0 Å². The van der Waals surface area contributed by atoms with Crippen molar-refractivity contribution in [1.82, 2.24) is 5.32 Å². The van der Waals surface area contributed by atoms with E-state index in [1.54, 1.807) is 0 Å². The van der Waals surface area contributed by atoms with Gasteiger partial charge in [-0.05, 0) is 74.2 Å². The largest absolute Gasteiger partial charge is 0.480 e. The van der Waals surface area contributed by atoms with Gasteiger partial charge in [0.2, 0.25) is 5.91 Å². The van der Waals surface area contributed by atoms with E-state index in [2.05, 4.69) is 31.8 Å². The molecule has 0 aliphatic heterocycles. The number of rotatable bonds is 7. The molecule has 188 valence electrons. The van der Waals surface area contributed by atoms with Gasteiger partial charge in [-0.25, -0.2) is 4.79 Å². The van der Waals surface area contributed by atoms with Crippen molar-refractivity contribution in [1.29, 1.82) is 0 Å². The SMILES string of the molecule is C[C@]12CC[C@H]3[C@@H](CCC4=CC(=O)CC[C@@]43C)[C@@H]1CC[C@H]2OC(=O)CCC(=O)N[C@@H](CS)C(=O)O. The molecule has 0 spiro atoms. The normalized spacial score (nSPS) is 37.5. The zero-order chi connectivity index (χ0) is 24.7. The molecule has 4 rings (SSSR count). The predicted molar refractivity (Wildman–Crippen MR) is 129 cm³/mol. The maximum atomic E-state index is 12.6. The Bertz CT molecular complexity index is 902. The third-order valence-electron chi connectivity index (χ3n) is 9.52. The van der Waals surface area contributed by atoms with Crippen molar-refractivity contribution < 1.29 is 29.0 Å². The van der Waals surface area contributed by atoms with Gasteiger partial charge in [0.1, 0.15) is 12.1 Å². The first-order valence-electron chi connectivity index (χ1n) is 12.6. The molecule has 0 bridgehead atoms. The highest BCUT2D eigenvalue weighted by atomic mass is 32.1. The Morgan fingerprint density at radius 3 is 2.59 bits per heavy atom. The fourth-order valence-electron chi connectivity index (χ4n) is 7.59. The Hall–Kier alpha value is -1.83. The standard InChI is InChI=1S/C26H37NO6S/c1-25-11-9-16(28)13-15(25)3-4-17-18-5-6-21(26(18,2)12-10-19(17)25)33-23(30)8-7-22(29)27-20(14-34)24(31)32/h13,17-21,34H,3-12,14H2,1-2H3,(H,27,29)(H,31,32)/t17-,18-,19-,20-,21+,25-,26-/m0/s1. The molecular formula is C26H37NO6S. The minimum absolute atomic E-state index is 0.0118. The number of allylic oxidation sites excluding steroid dienone is 1. The number of fused-ring (bicyclic) bond motifs is 5. The van der Waals surface area contributed by atoms with Gasteiger partial charge in [-0.3, -0.25) is 14.4 Å². The summed E-state index contributed by atoms with van der Waals surface area (Å²) in [4.78, 5) is 47.7. The molecule has 7 atom stereocenters. The number of thiol groups is 1. The summed E-state index contributed by atoms with van der Waals surface area (Å²) in [6.45, 7) is 4.64. The van der Waals surface area contributed by atoms with E-state index >= 15 is 0 Å². The van der Waals surface area contributed by atoms with E-state index in [0.717, 1.165) is 44.9 Å². The van der Waals surface area contributed by atoms with Crippen molar-refractivity contribution in [3.63, 3.8) is 0 Å². The first kappa shape index (κ1) is 25.3. The second kappa shape index (κ2) is 9.67. The average molecular weight is 492 g/mol. The summed E-state index contributed by atoms with van der Waals surface area (Å²) in [6, 6.07) is -1.06. The lowest BCUT2D eigenvalue weighted by Crippen LogP contribution is -2.51. The molecular weight excluding hydrogens is 454 g/mol. The molecule has 1 amide bonds. The van der Waals surface area contributed by atoms with Crippen LogP contribution < -0.4 is 5.32 Å². The number of carbonyl (C=O) groups excluding carboxylic acids is 3. The zero-order valence-corrected chi connectivity index (χ0v) is 21.1. The van der Waals surface area contributed by atoms with E-state index < -0.39 is 23.9 Å². The van der Waals surface area contributed by atoms with Gasteiger partial charge < -0.3 is 15.2 Å². The van der Waals surface area contributed by atoms with Gasteiger partial charge in [0.25, 0.3) is 0 Å². The van der Waals surface area contributed by atoms with Crippen molar-refractivity contribution in [3.8, 4) is 0 Å². The van der Waals surface area contributed by atoms with Crippen molar-refractivity contribution in [2.75, 3.05) is 5.75 Å². The first-order valence-corrected chi connectivity index (χ1v) is 13.3. The van der Waals surface area contributed by atoms with Crippen LogP contribution in [0.15, 0.2) is 11.6 Å². The van der Waals surface area contributed by atoms with E-state index in [4.69, 9.17) is 9.84 Å². The molecule has 0 radical (unpaired) electrons. The predicted octanol–water partition coefficient (Wildman–Crippen LogP) is 3.71. The van der Waals surface area contributed by atoms with Gasteiger partial charge in [0.15, 0.2) is 5.78 Å². The van der Waals surface area contributed by atoms with Crippen molar-refractivity contribution in [2.45, 2.75) is 90.2 Å². The van der Waals surface area contributed by atoms with Crippen molar-refractivity contribution >= 4 is 36.3 Å². The average Bonchev–Trinajstić information content (AvgIpc) is 3.12. The number of hydrogen-bond donors (Lipinski definition) is 3. The molecule has 2 N–H and O–H groups in total. The molecule has 34 heavy (non-hydrogen) atoms. The molecule has 7 nitrogen and oxygen atoms in total. The molecule has 0 aromatic rings. The van der Waals surface area contributed by atoms with Crippen LogP contribution in [0.5, 0.6) is 0 Å². The molecule has 8 heteroatoms. The van der Waals surface area contributed by atoms with Crippen molar-refractivity contribution in [2.24, 2.45) is 28.6 Å². The van der Waals surface area contributed by atoms with E-state index in [-0.39, 0.29) is 41.3 Å². The lowest BCUT2D eigenvalue weighted by atomic mass is 9.47. The maximum absolute atomic E-state index is 12.6. The topological polar surface area (TPSA) is 110 Å². The smallest absolute Gasteiger partial charge is 0.327 e. The molecule has 4 aliphatic rings. The van der Waals surface area contributed by atoms with E-state index in [1.165, 1.54) is 5.57 Å². The molecule has 0 aromatic heterocycles. The van der Waals surface area contributed by atoms with Gasteiger partial charge >= 0.3 is 11.9 Å². The number of amides is 1. The lowest BCUT2D eigenvalue weighted by Gasteiger charge is -2.57. The van der Waals surface area contributed by atoms with Gasteiger partial charge in [0, 0.05) is 24.0 Å². The molecule has 0 heterocycles. The minimum atomic E-state index is -1.15. The lowest BCUT2D eigenvalue weighted by molar-refractivity contribution is -0.160. The summed E-state index contributed by atoms with van der Waals surface area (Å²) in [7, 11) is 0. The third-order valence-corrected chi connectivity index (χ3v) is 9.89. The third kappa shape index (κ3) is 4.54. The number of esters is 1. The first-order chi connectivity index (χ1) is 16.1. The van der Waals surface area contributed by atoms with E-state index in [0.29, 0.717) is 24.2 Å². The van der Waals surface area contributed by atoms with Crippen LogP contribution in [0.25, 0.3) is 0 Å². The number of ketones is 1. The van der Waals surface area contributed by atoms with Crippen LogP contribution in [0, 0.1) is 28.6 Å². The summed E-state index contributed by atoms with van der Waals surface area (Å²) in [5.74, 6) is -0.0724. The van der Waals surface area contributed by atoms with E-state index in [9.17, 15) is 19.2 Å². The number of nitrogens with one attached hydrogen (secondary N) is 1. The quantitative estimate of drug-likeness (QED) is 0.370. The van der Waals surface area contributed by atoms with E-state index in [1.807, 2.05) is 6.08 Å². The van der Waals surface area contributed by atoms with Gasteiger partial charge in [-0.15, -0.1) is 0 Å². The summed E-state index contributed by atoms with van der Waals surface area (Å²) in [5, 5.41) is 11.4. The summed E-state index contributed by atoms with van der Waals surface area (Å²) < 4.78 is 5.93. The van der Waals surface area contributed by atoms with Crippen LogP contribution in [0.1, 0.15) is 78.1 Å². The Labute approximate surface area is 206 Å². The number of carboxylic acid groups (broad SMARTS) is 1. The summed E-state index contributed by atoms with van der Waals surface area (Å²) in [6.07, 6.45) is 9.34. The van der Waals surface area contributed by atoms with Crippen LogP contribution in [0.2, 0.25) is 0 Å². The Morgan fingerprint density at radius 1 is 1.12 bits per heavy atom. The fourth-order valence-corrected chi connectivity index (χ4v) is 7.84. The highest BCUT2D eigenvalue weighted by Gasteiger charge is 2.59. The van der Waals surface area contributed by atoms with Crippen LogP contribution in [-0.2, 0) is 23.9 Å². The molecule has 0 aromatic carbocycles. The summed E-state index contributed by atoms with van der Waals surface area (Å²) in [5.41, 5.74) is 1.43. The molecule has 0 saturated heterocycles. The number of carboxylic acids is 1. The highest BCUT2D eigenvalue weighted by Crippen LogP contribution is 2.65. The molecule has 0 unspecified atom stereocenters. The zero-order valence-electron chi connectivity index (χ0n) is 20.2. The fraction of sp³-hybridized carbons (Fsp3) is 0.769. The Kier molecular flexibility index (Phi) is 7.19. The molecule has 3 fully saturated rings. The van der Waals surface area contributed by atoms with Crippen LogP contribution in [0.4, 0.5) is 0 Å². The Balaban J connectivity index is 1.35. The van der Waals surface area contributed by atoms with Crippen molar-refractivity contribution in [3.05, 3.63) is 11.6 Å². The number of ether oxygens (including phenoxy) is 1. The second-order valence-corrected chi connectivity index (χ2v) is 11.6. The van der Waals surface area contributed by atoms with Crippen LogP contribution >= 0.6 is 12.6 Å². The highest BCUT2D eigenvalue weighted by molar-refractivity contribution is 7.80. The van der Waals surface area contributed by atoms with Crippen LogP contribution in [-0.4, -0.2) is 46.6 Å². The minimum Gasteiger partial charge on any atom is -0.480 e. The van der Waals surface area contributed by atoms with Gasteiger partial charge in [-0.1, -0.05) is 19.4 Å². The number of aliphatic carboxylic acids is 1. The monoisotopic (exact) mass is 491 g/mol. The van der Waals surface area contributed by atoms with Gasteiger partial charge in [-0.2, -0.15) is 12.6 Å². The number of carbonyl (C=O) groups is 4. The molecule has 3 saturated carbocycles. The van der Waals surface area contributed by atoms with Gasteiger partial charge in [0.05, 0.1) is 6.42 Å². The maximum Gasteiger partial charge on any atom is 0.327 e. The second-order valence-electron chi connectivity index (χ2n) is 11.2. The Morgan fingerprint density at radius 2 is 1.88 bits per heavy atom.